The molecule has 0 bridgehead atoms. The van der Waals surface area contributed by atoms with Crippen molar-refractivity contribution in [3.8, 4) is 17.2 Å². The molecule has 3 aliphatic rings. The molecule has 3 heterocycles. The average molecular weight is 449 g/mol. The second-order valence-corrected chi connectivity index (χ2v) is 8.49. The maximum Gasteiger partial charge on any atom is 0.261 e. The summed E-state index contributed by atoms with van der Waals surface area (Å²) in [6.45, 7) is 1.98. The van der Waals surface area contributed by atoms with Crippen molar-refractivity contribution in [3.05, 3.63) is 65.4 Å². The van der Waals surface area contributed by atoms with Gasteiger partial charge in [0.2, 0.25) is 12.8 Å². The van der Waals surface area contributed by atoms with Crippen LogP contribution in [0.4, 0.5) is 0 Å². The molecule has 0 radical (unpaired) electrons. The Kier molecular flexibility index (Phi) is 5.92. The lowest BCUT2D eigenvalue weighted by Gasteiger charge is -2.39. The molecule has 3 N–H and O–H groups in total. The molecular formula is C25H28N4O4. The van der Waals surface area contributed by atoms with Gasteiger partial charge in [0.1, 0.15) is 5.75 Å². The van der Waals surface area contributed by atoms with Gasteiger partial charge in [0.05, 0.1) is 13.2 Å². The molecule has 0 aromatic heterocycles. The van der Waals surface area contributed by atoms with E-state index in [-0.39, 0.29) is 30.6 Å². The number of nitrogens with two attached hydrogens (primary N) is 1. The van der Waals surface area contributed by atoms with Gasteiger partial charge in [-0.05, 0) is 67.3 Å². The number of carbonyl (C=O) groups is 1. The van der Waals surface area contributed by atoms with Crippen molar-refractivity contribution >= 4 is 11.9 Å². The van der Waals surface area contributed by atoms with Gasteiger partial charge < -0.3 is 25.3 Å². The third-order valence-electron chi connectivity index (χ3n) is 6.37. The summed E-state index contributed by atoms with van der Waals surface area (Å²) >= 11 is 0. The lowest BCUT2D eigenvalue weighted by molar-refractivity contribution is 0.0775. The molecule has 0 spiro atoms. The van der Waals surface area contributed by atoms with Crippen LogP contribution in [0.1, 0.15) is 28.8 Å². The quantitative estimate of drug-likeness (QED) is 0.730. The fraction of sp³-hybridized carbons (Fsp3) is 0.360. The van der Waals surface area contributed by atoms with Gasteiger partial charge in [-0.2, -0.15) is 0 Å². The number of nitrogens with one attached hydrogen (secondary N) is 1. The molecule has 2 aromatic carbocycles. The van der Waals surface area contributed by atoms with E-state index >= 15 is 0 Å². The average Bonchev–Trinajstić information content (AvgIpc) is 3.32. The first-order chi connectivity index (χ1) is 16.1. The SMILES string of the molecule is COc1ccc(CC2=CC(C3CCCNC3)N(C(=O)c3ccc4c(c3)OCO4)C(N)=N2)cc1. The summed E-state index contributed by atoms with van der Waals surface area (Å²) in [4.78, 5) is 19.9. The smallest absolute Gasteiger partial charge is 0.261 e. The second-order valence-electron chi connectivity index (χ2n) is 8.49. The Labute approximate surface area is 193 Å². The van der Waals surface area contributed by atoms with Gasteiger partial charge in [-0.3, -0.25) is 9.69 Å². The number of amides is 1. The molecule has 5 rings (SSSR count). The molecule has 2 unspecified atom stereocenters. The Balaban J connectivity index is 1.44. The number of allylic oxidation sites excluding steroid dienone is 1. The number of ether oxygens (including phenoxy) is 3. The zero-order valence-electron chi connectivity index (χ0n) is 18.6. The molecule has 2 atom stereocenters. The molecule has 8 nitrogen and oxygen atoms in total. The van der Waals surface area contributed by atoms with Crippen LogP contribution in [-0.2, 0) is 6.42 Å². The zero-order chi connectivity index (χ0) is 22.8. The Hall–Kier alpha value is -3.52. The van der Waals surface area contributed by atoms with E-state index in [1.165, 1.54) is 0 Å². The minimum absolute atomic E-state index is 0.161. The van der Waals surface area contributed by atoms with Crippen molar-refractivity contribution in [2.75, 3.05) is 27.0 Å². The molecule has 1 saturated heterocycles. The number of hydrogen-bond donors (Lipinski definition) is 2. The van der Waals surface area contributed by atoms with Gasteiger partial charge in [-0.25, -0.2) is 4.99 Å². The Morgan fingerprint density at radius 3 is 2.79 bits per heavy atom. The summed E-state index contributed by atoms with van der Waals surface area (Å²) in [7, 11) is 1.65. The van der Waals surface area contributed by atoms with Gasteiger partial charge in [0.15, 0.2) is 11.5 Å². The molecule has 0 saturated carbocycles. The van der Waals surface area contributed by atoms with Crippen molar-refractivity contribution in [1.29, 1.82) is 0 Å². The van der Waals surface area contributed by atoms with E-state index < -0.39 is 0 Å². The number of piperidine rings is 1. The minimum Gasteiger partial charge on any atom is -0.497 e. The van der Waals surface area contributed by atoms with Gasteiger partial charge in [-0.15, -0.1) is 0 Å². The number of nitrogens with zero attached hydrogens (tertiary/aromatic N) is 2. The highest BCUT2D eigenvalue weighted by molar-refractivity contribution is 6.06. The topological polar surface area (TPSA) is 98.4 Å². The fourth-order valence-corrected chi connectivity index (χ4v) is 4.64. The molecule has 0 aliphatic carbocycles. The first-order valence-corrected chi connectivity index (χ1v) is 11.2. The Morgan fingerprint density at radius 1 is 1.21 bits per heavy atom. The maximum atomic E-state index is 13.6. The van der Waals surface area contributed by atoms with E-state index in [0.717, 1.165) is 42.9 Å². The van der Waals surface area contributed by atoms with E-state index in [2.05, 4.69) is 16.4 Å². The third-order valence-corrected chi connectivity index (χ3v) is 6.37. The van der Waals surface area contributed by atoms with Crippen LogP contribution >= 0.6 is 0 Å². The molecular weight excluding hydrogens is 420 g/mol. The fourth-order valence-electron chi connectivity index (χ4n) is 4.64. The number of hydrogen-bond acceptors (Lipinski definition) is 7. The van der Waals surface area contributed by atoms with Gasteiger partial charge >= 0.3 is 0 Å². The first-order valence-electron chi connectivity index (χ1n) is 11.2. The van der Waals surface area contributed by atoms with Crippen LogP contribution in [0.5, 0.6) is 17.2 Å². The minimum atomic E-state index is -0.190. The number of benzene rings is 2. The van der Waals surface area contributed by atoms with E-state index in [4.69, 9.17) is 19.9 Å². The van der Waals surface area contributed by atoms with Crippen LogP contribution in [0.25, 0.3) is 0 Å². The largest absolute Gasteiger partial charge is 0.497 e. The first kappa shape index (κ1) is 21.3. The number of fused-ring (bicyclic) bond motifs is 1. The van der Waals surface area contributed by atoms with Crippen molar-refractivity contribution in [2.45, 2.75) is 25.3 Å². The lowest BCUT2D eigenvalue weighted by Crippen LogP contribution is -2.54. The predicted molar refractivity (Wildman–Crippen MR) is 125 cm³/mol. The summed E-state index contributed by atoms with van der Waals surface area (Å²) in [5.74, 6) is 2.30. The standard InChI is InChI=1S/C25H28N4O4/c1-31-20-7-4-16(5-8-20)11-19-13-21(18-3-2-10-27-14-18)29(25(26)28-19)24(30)17-6-9-22-23(12-17)33-15-32-22/h4-9,12-13,18,21,27H,2-3,10-11,14-15H2,1H3,(H2,26,28). The van der Waals surface area contributed by atoms with E-state index in [1.807, 2.05) is 24.3 Å². The van der Waals surface area contributed by atoms with Crippen molar-refractivity contribution in [2.24, 2.45) is 16.6 Å². The van der Waals surface area contributed by atoms with Crippen molar-refractivity contribution in [1.82, 2.24) is 10.2 Å². The summed E-state index contributed by atoms with van der Waals surface area (Å²) in [6.07, 6.45) is 4.81. The number of aliphatic imine (C=N–C) groups is 1. The van der Waals surface area contributed by atoms with Gasteiger partial charge in [0.25, 0.3) is 5.91 Å². The summed E-state index contributed by atoms with van der Waals surface area (Å²) < 4.78 is 16.1. The molecule has 1 fully saturated rings. The maximum absolute atomic E-state index is 13.6. The monoisotopic (exact) mass is 448 g/mol. The summed E-state index contributed by atoms with van der Waals surface area (Å²) in [5.41, 5.74) is 8.90. The van der Waals surface area contributed by atoms with Crippen LogP contribution in [-0.4, -0.2) is 49.8 Å². The van der Waals surface area contributed by atoms with Crippen LogP contribution in [0.15, 0.2) is 59.2 Å². The highest BCUT2D eigenvalue weighted by Crippen LogP contribution is 2.34. The Morgan fingerprint density at radius 2 is 2.03 bits per heavy atom. The molecule has 2 aromatic rings. The molecule has 1 amide bonds. The lowest BCUT2D eigenvalue weighted by atomic mass is 9.88. The number of methoxy groups -OCH3 is 1. The number of guanidine groups is 1. The van der Waals surface area contributed by atoms with Crippen molar-refractivity contribution < 1.29 is 19.0 Å². The highest BCUT2D eigenvalue weighted by atomic mass is 16.7. The molecule has 33 heavy (non-hydrogen) atoms. The van der Waals surface area contributed by atoms with Crippen molar-refractivity contribution in [3.63, 3.8) is 0 Å². The van der Waals surface area contributed by atoms with E-state index in [1.54, 1.807) is 30.2 Å². The van der Waals surface area contributed by atoms with Crippen LogP contribution in [0, 0.1) is 5.92 Å². The second kappa shape index (κ2) is 9.15. The highest BCUT2D eigenvalue weighted by Gasteiger charge is 2.36. The summed E-state index contributed by atoms with van der Waals surface area (Å²) in [6, 6.07) is 12.9. The molecule has 3 aliphatic heterocycles. The van der Waals surface area contributed by atoms with Gasteiger partial charge in [0, 0.05) is 24.2 Å². The van der Waals surface area contributed by atoms with Crippen LogP contribution in [0.3, 0.4) is 0 Å². The van der Waals surface area contributed by atoms with Gasteiger partial charge in [-0.1, -0.05) is 12.1 Å². The molecule has 172 valence electrons. The normalized spacial score (nSPS) is 21.9. The molecule has 8 heteroatoms. The summed E-state index contributed by atoms with van der Waals surface area (Å²) in [5, 5.41) is 3.46. The predicted octanol–water partition coefficient (Wildman–Crippen LogP) is 2.69. The number of carbonyl (C=O) groups excluding carboxylic acids is 1. The van der Waals surface area contributed by atoms with E-state index in [9.17, 15) is 4.79 Å². The third kappa shape index (κ3) is 4.39. The van der Waals surface area contributed by atoms with E-state index in [0.29, 0.717) is 23.5 Å². The van der Waals surface area contributed by atoms with Crippen LogP contribution in [0.2, 0.25) is 0 Å². The zero-order valence-corrected chi connectivity index (χ0v) is 18.6. The Bertz CT molecular complexity index is 1090. The van der Waals surface area contributed by atoms with Crippen LogP contribution < -0.4 is 25.3 Å². The number of rotatable bonds is 5.